The minimum absolute atomic E-state index is 0.0565. The van der Waals surface area contributed by atoms with Crippen LogP contribution in [0.3, 0.4) is 0 Å². The Morgan fingerprint density at radius 3 is 2.58 bits per heavy atom. The van der Waals surface area contributed by atoms with E-state index in [2.05, 4.69) is 41.1 Å². The number of nitrogens with one attached hydrogen (secondary N) is 3. The van der Waals surface area contributed by atoms with Crippen LogP contribution in [-0.4, -0.2) is 31.1 Å². The van der Waals surface area contributed by atoms with E-state index in [1.54, 1.807) is 7.05 Å². The standard InChI is InChI=1S/C25H32N4O2/c1-3-27-24(28-17-18-10-12-19(13-11-18)23(30)26-2)29-21-16-25(14-6-7-15-25)31-22-9-5-4-8-20(21)22/h4-5,8-13,21H,3,6-7,14-17H2,1-2H3,(H,26,30)(H2,27,28,29). The van der Waals surface area contributed by atoms with Crippen molar-refractivity contribution >= 4 is 11.9 Å². The molecule has 1 saturated carbocycles. The van der Waals surface area contributed by atoms with Crippen molar-refractivity contribution in [2.24, 2.45) is 4.99 Å². The van der Waals surface area contributed by atoms with E-state index in [0.717, 1.165) is 43.1 Å². The Morgan fingerprint density at radius 2 is 1.87 bits per heavy atom. The summed E-state index contributed by atoms with van der Waals surface area (Å²) in [5, 5.41) is 9.70. The third kappa shape index (κ3) is 4.84. The average molecular weight is 421 g/mol. The fraction of sp³-hybridized carbons (Fsp3) is 0.440. The molecule has 3 N–H and O–H groups in total. The van der Waals surface area contributed by atoms with Gasteiger partial charge in [-0.05, 0) is 56.4 Å². The Kier molecular flexibility index (Phi) is 6.44. The molecule has 1 aliphatic carbocycles. The Hall–Kier alpha value is -3.02. The van der Waals surface area contributed by atoms with Crippen LogP contribution in [0.1, 0.15) is 66.6 Å². The summed E-state index contributed by atoms with van der Waals surface area (Å²) in [6.45, 7) is 3.41. The first-order valence-corrected chi connectivity index (χ1v) is 11.3. The van der Waals surface area contributed by atoms with Crippen molar-refractivity contribution in [3.8, 4) is 5.75 Å². The van der Waals surface area contributed by atoms with E-state index in [1.807, 2.05) is 30.3 Å². The van der Waals surface area contributed by atoms with Crippen LogP contribution in [0, 0.1) is 0 Å². The van der Waals surface area contributed by atoms with Gasteiger partial charge in [0.15, 0.2) is 5.96 Å². The highest BCUT2D eigenvalue weighted by molar-refractivity contribution is 5.93. The molecule has 0 saturated heterocycles. The molecule has 31 heavy (non-hydrogen) atoms. The van der Waals surface area contributed by atoms with Crippen molar-refractivity contribution in [3.05, 3.63) is 65.2 Å². The third-order valence-corrected chi connectivity index (χ3v) is 6.23. The fourth-order valence-electron chi connectivity index (χ4n) is 4.63. The highest BCUT2D eigenvalue weighted by Gasteiger charge is 2.43. The van der Waals surface area contributed by atoms with Crippen LogP contribution in [0.4, 0.5) is 0 Å². The number of amides is 1. The molecule has 1 fully saturated rings. The first-order chi connectivity index (χ1) is 15.1. The summed E-state index contributed by atoms with van der Waals surface area (Å²) in [5.74, 6) is 1.71. The second-order valence-corrected chi connectivity index (χ2v) is 8.40. The van der Waals surface area contributed by atoms with Crippen molar-refractivity contribution in [1.82, 2.24) is 16.0 Å². The lowest BCUT2D eigenvalue weighted by atomic mass is 9.86. The van der Waals surface area contributed by atoms with E-state index < -0.39 is 0 Å². The summed E-state index contributed by atoms with van der Waals surface area (Å²) in [5.41, 5.74) is 2.85. The van der Waals surface area contributed by atoms with E-state index in [1.165, 1.54) is 18.4 Å². The third-order valence-electron chi connectivity index (χ3n) is 6.23. The number of ether oxygens (including phenoxy) is 1. The number of fused-ring (bicyclic) bond motifs is 1. The molecule has 6 nitrogen and oxygen atoms in total. The van der Waals surface area contributed by atoms with Gasteiger partial charge in [-0.2, -0.15) is 0 Å². The molecule has 164 valence electrons. The topological polar surface area (TPSA) is 74.8 Å². The quantitative estimate of drug-likeness (QED) is 0.506. The molecule has 1 atom stereocenters. The van der Waals surface area contributed by atoms with Gasteiger partial charge in [0.1, 0.15) is 11.4 Å². The highest BCUT2D eigenvalue weighted by atomic mass is 16.5. The van der Waals surface area contributed by atoms with Gasteiger partial charge in [0.05, 0.1) is 12.6 Å². The summed E-state index contributed by atoms with van der Waals surface area (Å²) in [7, 11) is 1.64. The van der Waals surface area contributed by atoms with Crippen LogP contribution >= 0.6 is 0 Å². The maximum Gasteiger partial charge on any atom is 0.251 e. The van der Waals surface area contributed by atoms with Crippen LogP contribution < -0.4 is 20.7 Å². The van der Waals surface area contributed by atoms with Gasteiger partial charge in [-0.15, -0.1) is 0 Å². The van der Waals surface area contributed by atoms with Crippen LogP contribution in [0.5, 0.6) is 5.75 Å². The van der Waals surface area contributed by atoms with Crippen LogP contribution in [0.15, 0.2) is 53.5 Å². The van der Waals surface area contributed by atoms with Gasteiger partial charge in [0.25, 0.3) is 5.91 Å². The number of carbonyl (C=O) groups excluding carboxylic acids is 1. The van der Waals surface area contributed by atoms with Crippen molar-refractivity contribution in [2.75, 3.05) is 13.6 Å². The van der Waals surface area contributed by atoms with Gasteiger partial charge < -0.3 is 20.7 Å². The van der Waals surface area contributed by atoms with Crippen LogP contribution in [-0.2, 0) is 6.54 Å². The molecule has 2 aliphatic rings. The summed E-state index contributed by atoms with van der Waals surface area (Å²) in [6, 6.07) is 16.1. The maximum absolute atomic E-state index is 11.7. The van der Waals surface area contributed by atoms with Crippen molar-refractivity contribution in [1.29, 1.82) is 0 Å². The van der Waals surface area contributed by atoms with Crippen molar-refractivity contribution < 1.29 is 9.53 Å². The largest absolute Gasteiger partial charge is 0.487 e. The minimum atomic E-state index is -0.0796. The van der Waals surface area contributed by atoms with E-state index >= 15 is 0 Å². The molecule has 2 aromatic rings. The number of carbonyl (C=O) groups is 1. The molecule has 1 aliphatic heterocycles. The van der Waals surface area contributed by atoms with Gasteiger partial charge >= 0.3 is 0 Å². The molecule has 0 bridgehead atoms. The van der Waals surface area contributed by atoms with Crippen LogP contribution in [0.25, 0.3) is 0 Å². The molecule has 2 aromatic carbocycles. The van der Waals surface area contributed by atoms with Gasteiger partial charge in [-0.3, -0.25) is 4.79 Å². The monoisotopic (exact) mass is 420 g/mol. The maximum atomic E-state index is 11.7. The number of guanidine groups is 1. The number of rotatable bonds is 5. The van der Waals surface area contributed by atoms with E-state index in [0.29, 0.717) is 12.1 Å². The molecular formula is C25H32N4O2. The summed E-state index contributed by atoms with van der Waals surface area (Å²) in [6.07, 6.45) is 5.65. The van der Waals surface area contributed by atoms with Gasteiger partial charge in [0, 0.05) is 31.1 Å². The Bertz CT molecular complexity index is 933. The van der Waals surface area contributed by atoms with Crippen LogP contribution in [0.2, 0.25) is 0 Å². The van der Waals surface area contributed by atoms with E-state index in [-0.39, 0.29) is 17.6 Å². The Labute approximate surface area is 184 Å². The number of para-hydroxylation sites is 1. The fourth-order valence-corrected chi connectivity index (χ4v) is 4.63. The molecule has 1 unspecified atom stereocenters. The SMILES string of the molecule is CCNC(=NCc1ccc(C(=O)NC)cc1)NC1CC2(CCCC2)Oc2ccccc21. The second kappa shape index (κ2) is 9.41. The second-order valence-electron chi connectivity index (χ2n) is 8.40. The predicted octanol–water partition coefficient (Wildman–Crippen LogP) is 3.94. The zero-order valence-electron chi connectivity index (χ0n) is 18.4. The van der Waals surface area contributed by atoms with Gasteiger partial charge in [-0.1, -0.05) is 30.3 Å². The molecule has 1 spiro atoms. The molecule has 4 rings (SSSR count). The number of nitrogens with zero attached hydrogens (tertiary/aromatic N) is 1. The lowest BCUT2D eigenvalue weighted by molar-refractivity contribution is 0.0396. The normalized spacial score (nSPS) is 19.4. The number of hydrogen-bond donors (Lipinski definition) is 3. The summed E-state index contributed by atoms with van der Waals surface area (Å²) < 4.78 is 6.49. The highest BCUT2D eigenvalue weighted by Crippen LogP contribution is 2.46. The summed E-state index contributed by atoms with van der Waals surface area (Å²) in [4.78, 5) is 16.5. The van der Waals surface area contributed by atoms with E-state index in [9.17, 15) is 4.79 Å². The Morgan fingerprint density at radius 1 is 1.13 bits per heavy atom. The van der Waals surface area contributed by atoms with E-state index in [4.69, 9.17) is 9.73 Å². The number of benzene rings is 2. The van der Waals surface area contributed by atoms with Gasteiger partial charge in [-0.25, -0.2) is 4.99 Å². The first-order valence-electron chi connectivity index (χ1n) is 11.3. The number of aliphatic imine (C=N–C) groups is 1. The number of hydrogen-bond acceptors (Lipinski definition) is 3. The predicted molar refractivity (Wildman–Crippen MR) is 123 cm³/mol. The van der Waals surface area contributed by atoms with Gasteiger partial charge in [0.2, 0.25) is 0 Å². The lowest BCUT2D eigenvalue weighted by Gasteiger charge is -2.40. The first kappa shape index (κ1) is 21.2. The smallest absolute Gasteiger partial charge is 0.251 e. The average Bonchev–Trinajstić information content (AvgIpc) is 3.24. The molecular weight excluding hydrogens is 388 g/mol. The zero-order valence-corrected chi connectivity index (χ0v) is 18.4. The summed E-state index contributed by atoms with van der Waals surface area (Å²) >= 11 is 0. The molecule has 0 aromatic heterocycles. The molecule has 0 radical (unpaired) electrons. The van der Waals surface area contributed by atoms with Crippen molar-refractivity contribution in [3.63, 3.8) is 0 Å². The van der Waals surface area contributed by atoms with Crippen molar-refractivity contribution in [2.45, 2.75) is 57.2 Å². The zero-order chi connectivity index (χ0) is 21.7. The lowest BCUT2D eigenvalue weighted by Crippen LogP contribution is -2.46. The molecule has 6 heteroatoms. The Balaban J connectivity index is 1.51. The molecule has 1 amide bonds. The minimum Gasteiger partial charge on any atom is -0.487 e. The molecule has 1 heterocycles.